The van der Waals surface area contributed by atoms with Crippen molar-refractivity contribution in [3.63, 3.8) is 0 Å². The van der Waals surface area contributed by atoms with Crippen molar-refractivity contribution >= 4 is 33.4 Å². The van der Waals surface area contributed by atoms with Crippen LogP contribution in [-0.2, 0) is 19.6 Å². The van der Waals surface area contributed by atoms with Crippen LogP contribution in [0.15, 0.2) is 28.0 Å². The fraction of sp³-hybridized carbons (Fsp3) is 0.533. The van der Waals surface area contributed by atoms with E-state index in [-0.39, 0.29) is 16.7 Å². The summed E-state index contributed by atoms with van der Waals surface area (Å²) in [6.45, 7) is 5.09. The van der Waals surface area contributed by atoms with Crippen molar-refractivity contribution in [3.8, 4) is 0 Å². The molecule has 1 N–H and O–H groups in total. The van der Waals surface area contributed by atoms with Crippen LogP contribution in [0.4, 0.5) is 5.69 Å². The summed E-state index contributed by atoms with van der Waals surface area (Å²) in [7, 11) is -3.57. The molecule has 1 aromatic carbocycles. The first-order valence-corrected chi connectivity index (χ1v) is 10.1. The Morgan fingerprint density at radius 3 is 2.52 bits per heavy atom. The van der Waals surface area contributed by atoms with E-state index in [9.17, 15) is 13.2 Å². The summed E-state index contributed by atoms with van der Waals surface area (Å²) in [5.74, 6) is -0.314. The second-order valence-corrected chi connectivity index (χ2v) is 8.31. The van der Waals surface area contributed by atoms with Gasteiger partial charge in [0.1, 0.15) is 0 Å². The van der Waals surface area contributed by atoms with Gasteiger partial charge in [0.05, 0.1) is 23.8 Å². The molecule has 128 valence electrons. The van der Waals surface area contributed by atoms with Crippen LogP contribution in [0.1, 0.15) is 13.8 Å². The average molecular weight is 358 g/mol. The summed E-state index contributed by atoms with van der Waals surface area (Å²) >= 11 is 1.46. The molecule has 2 rings (SSSR count). The Bertz CT molecular complexity index is 668. The van der Waals surface area contributed by atoms with Gasteiger partial charge in [0.15, 0.2) is 0 Å². The molecule has 0 aliphatic carbocycles. The van der Waals surface area contributed by atoms with Crippen LogP contribution >= 0.6 is 11.8 Å². The van der Waals surface area contributed by atoms with Crippen LogP contribution < -0.4 is 5.32 Å². The zero-order valence-corrected chi connectivity index (χ0v) is 15.2. The molecule has 0 bridgehead atoms. The highest BCUT2D eigenvalue weighted by molar-refractivity contribution is 7.98. The molecule has 0 unspecified atom stereocenters. The average Bonchev–Trinajstić information content (AvgIpc) is 2.55. The van der Waals surface area contributed by atoms with Crippen LogP contribution in [0.25, 0.3) is 0 Å². The number of anilines is 1. The topological polar surface area (TPSA) is 75.7 Å². The van der Waals surface area contributed by atoms with Gasteiger partial charge in [-0.1, -0.05) is 13.8 Å². The standard InChI is InChI=1S/C15H22N2O4S2/c1-11(2)15(18)16-13-10-12(4-5-14(13)22-3)23(19,20)17-6-8-21-9-7-17/h4-5,10-11H,6-9H2,1-3H3,(H,16,18). The van der Waals surface area contributed by atoms with Gasteiger partial charge in [-0.25, -0.2) is 8.42 Å². The summed E-state index contributed by atoms with van der Waals surface area (Å²) in [6.07, 6.45) is 1.89. The fourth-order valence-corrected chi connectivity index (χ4v) is 4.13. The predicted octanol–water partition coefficient (Wildman–Crippen LogP) is 2.02. The molecule has 0 saturated carbocycles. The number of carbonyl (C=O) groups is 1. The molecule has 8 heteroatoms. The zero-order chi connectivity index (χ0) is 17.0. The molecule has 0 radical (unpaired) electrons. The number of ether oxygens (including phenoxy) is 1. The third-order valence-corrected chi connectivity index (χ3v) is 6.25. The van der Waals surface area contributed by atoms with Gasteiger partial charge in [0, 0.05) is 23.9 Å². The normalized spacial score (nSPS) is 16.5. The first-order chi connectivity index (χ1) is 10.9. The van der Waals surface area contributed by atoms with Crippen molar-refractivity contribution in [3.05, 3.63) is 18.2 Å². The number of morpholine rings is 1. The third-order valence-electron chi connectivity index (χ3n) is 3.56. The lowest BCUT2D eigenvalue weighted by Crippen LogP contribution is -2.40. The molecular formula is C15H22N2O4S2. The van der Waals surface area contributed by atoms with Gasteiger partial charge in [-0.3, -0.25) is 4.79 Å². The minimum Gasteiger partial charge on any atom is -0.379 e. The largest absolute Gasteiger partial charge is 0.379 e. The summed E-state index contributed by atoms with van der Waals surface area (Å²) in [5, 5.41) is 2.81. The van der Waals surface area contributed by atoms with Crippen molar-refractivity contribution in [1.29, 1.82) is 0 Å². The van der Waals surface area contributed by atoms with E-state index in [1.165, 1.54) is 22.1 Å². The molecule has 1 amide bonds. The van der Waals surface area contributed by atoms with Gasteiger partial charge in [0.25, 0.3) is 0 Å². The molecule has 0 spiro atoms. The van der Waals surface area contributed by atoms with E-state index in [4.69, 9.17) is 4.74 Å². The number of benzene rings is 1. The lowest BCUT2D eigenvalue weighted by atomic mass is 10.2. The molecule has 1 heterocycles. The Hall–Kier alpha value is -1.09. The van der Waals surface area contributed by atoms with Gasteiger partial charge in [0.2, 0.25) is 15.9 Å². The van der Waals surface area contributed by atoms with Crippen molar-refractivity contribution in [1.82, 2.24) is 4.31 Å². The van der Waals surface area contributed by atoms with E-state index in [1.807, 2.05) is 6.26 Å². The van der Waals surface area contributed by atoms with Gasteiger partial charge in [-0.15, -0.1) is 11.8 Å². The molecule has 0 atom stereocenters. The van der Waals surface area contributed by atoms with Crippen LogP contribution in [-0.4, -0.2) is 51.2 Å². The Balaban J connectivity index is 2.34. The minimum absolute atomic E-state index is 0.138. The molecule has 0 aromatic heterocycles. The second-order valence-electron chi connectivity index (χ2n) is 5.52. The monoisotopic (exact) mass is 358 g/mol. The number of sulfonamides is 1. The highest BCUT2D eigenvalue weighted by Gasteiger charge is 2.27. The number of rotatable bonds is 5. The van der Waals surface area contributed by atoms with E-state index >= 15 is 0 Å². The smallest absolute Gasteiger partial charge is 0.243 e. The number of amides is 1. The van der Waals surface area contributed by atoms with E-state index < -0.39 is 10.0 Å². The van der Waals surface area contributed by atoms with Crippen LogP contribution in [0.2, 0.25) is 0 Å². The zero-order valence-electron chi connectivity index (χ0n) is 13.5. The maximum Gasteiger partial charge on any atom is 0.243 e. The Kier molecular flexibility index (Phi) is 6.07. The molecule has 23 heavy (non-hydrogen) atoms. The molecule has 1 fully saturated rings. The number of nitrogens with zero attached hydrogens (tertiary/aromatic N) is 1. The highest BCUT2D eigenvalue weighted by Crippen LogP contribution is 2.30. The third kappa shape index (κ3) is 4.26. The van der Waals surface area contributed by atoms with E-state index in [1.54, 1.807) is 26.0 Å². The molecule has 1 aromatic rings. The number of nitrogens with one attached hydrogen (secondary N) is 1. The Morgan fingerprint density at radius 1 is 1.30 bits per heavy atom. The molecule has 1 aliphatic heterocycles. The van der Waals surface area contributed by atoms with E-state index in [2.05, 4.69) is 5.32 Å². The van der Waals surface area contributed by atoms with Crippen LogP contribution in [0.5, 0.6) is 0 Å². The van der Waals surface area contributed by atoms with Crippen molar-refractivity contribution in [2.24, 2.45) is 5.92 Å². The maximum absolute atomic E-state index is 12.7. The minimum atomic E-state index is -3.57. The van der Waals surface area contributed by atoms with E-state index in [0.717, 1.165) is 4.90 Å². The Labute approximate surface area is 141 Å². The lowest BCUT2D eigenvalue weighted by Gasteiger charge is -2.26. The predicted molar refractivity (Wildman–Crippen MR) is 91.3 cm³/mol. The van der Waals surface area contributed by atoms with Crippen molar-refractivity contribution in [2.75, 3.05) is 37.9 Å². The van der Waals surface area contributed by atoms with Gasteiger partial charge < -0.3 is 10.1 Å². The molecular weight excluding hydrogens is 336 g/mol. The molecule has 6 nitrogen and oxygen atoms in total. The summed E-state index contributed by atoms with van der Waals surface area (Å²) in [4.78, 5) is 13.0. The SMILES string of the molecule is CSc1ccc(S(=O)(=O)N2CCOCC2)cc1NC(=O)C(C)C. The van der Waals surface area contributed by atoms with Crippen molar-refractivity contribution in [2.45, 2.75) is 23.6 Å². The quantitative estimate of drug-likeness (QED) is 0.815. The summed E-state index contributed by atoms with van der Waals surface area (Å²) in [6, 6.07) is 4.85. The second kappa shape index (κ2) is 7.65. The van der Waals surface area contributed by atoms with Gasteiger partial charge in [-0.2, -0.15) is 4.31 Å². The summed E-state index contributed by atoms with van der Waals surface area (Å²) in [5.41, 5.74) is 0.533. The maximum atomic E-state index is 12.7. The van der Waals surface area contributed by atoms with Crippen molar-refractivity contribution < 1.29 is 17.9 Å². The summed E-state index contributed by atoms with van der Waals surface area (Å²) < 4.78 is 32.0. The van der Waals surface area contributed by atoms with Crippen LogP contribution in [0.3, 0.4) is 0 Å². The molecule has 1 aliphatic rings. The fourth-order valence-electron chi connectivity index (χ4n) is 2.16. The van der Waals surface area contributed by atoms with E-state index in [0.29, 0.717) is 32.0 Å². The Morgan fingerprint density at radius 2 is 1.96 bits per heavy atom. The first kappa shape index (κ1) is 18.3. The molecule has 1 saturated heterocycles. The van der Waals surface area contributed by atoms with Crippen LogP contribution in [0, 0.1) is 5.92 Å². The highest BCUT2D eigenvalue weighted by atomic mass is 32.2. The number of hydrogen-bond acceptors (Lipinski definition) is 5. The lowest BCUT2D eigenvalue weighted by molar-refractivity contribution is -0.118. The van der Waals surface area contributed by atoms with Gasteiger partial charge in [-0.05, 0) is 24.5 Å². The number of hydrogen-bond donors (Lipinski definition) is 1. The number of carbonyl (C=O) groups excluding carboxylic acids is 1. The number of thioether (sulfide) groups is 1. The van der Waals surface area contributed by atoms with Gasteiger partial charge >= 0.3 is 0 Å². The first-order valence-electron chi connectivity index (χ1n) is 7.43.